The lowest BCUT2D eigenvalue weighted by molar-refractivity contribution is -0.120. The van der Waals surface area contributed by atoms with Crippen LogP contribution in [-0.4, -0.2) is 49.8 Å². The number of nitrogens with one attached hydrogen (secondary N) is 3. The van der Waals surface area contributed by atoms with Crippen molar-refractivity contribution in [2.24, 2.45) is 5.92 Å². The SMILES string of the molecule is COc1ccc(CC(=O)NCc2ccc(C(=O)NCC3CNCC3O)cc2)cc1.Cl. The van der Waals surface area contributed by atoms with Gasteiger partial charge in [-0.2, -0.15) is 0 Å². The predicted molar refractivity (Wildman–Crippen MR) is 117 cm³/mol. The molecule has 1 aliphatic rings. The van der Waals surface area contributed by atoms with Crippen LogP contribution in [0.3, 0.4) is 0 Å². The van der Waals surface area contributed by atoms with Gasteiger partial charge < -0.3 is 25.8 Å². The van der Waals surface area contributed by atoms with Crippen LogP contribution in [0.1, 0.15) is 21.5 Å². The van der Waals surface area contributed by atoms with Gasteiger partial charge in [-0.1, -0.05) is 24.3 Å². The van der Waals surface area contributed by atoms with Gasteiger partial charge in [-0.05, 0) is 35.4 Å². The zero-order valence-electron chi connectivity index (χ0n) is 16.9. The summed E-state index contributed by atoms with van der Waals surface area (Å²) < 4.78 is 5.11. The van der Waals surface area contributed by atoms with E-state index in [0.29, 0.717) is 38.2 Å². The molecule has 8 heteroatoms. The van der Waals surface area contributed by atoms with Gasteiger partial charge in [-0.15, -0.1) is 12.4 Å². The summed E-state index contributed by atoms with van der Waals surface area (Å²) in [5.74, 6) is 0.563. The standard InChI is InChI=1S/C22H27N3O4.ClH/c1-29-19-8-4-15(5-9-19)10-21(27)24-11-16-2-6-17(7-3-16)22(28)25-13-18-12-23-14-20(18)26;/h2-9,18,20,23,26H,10-14H2,1H3,(H,24,27)(H,25,28);1H. The first-order valence-electron chi connectivity index (χ1n) is 9.70. The van der Waals surface area contributed by atoms with E-state index in [9.17, 15) is 14.7 Å². The fourth-order valence-electron chi connectivity index (χ4n) is 3.22. The van der Waals surface area contributed by atoms with E-state index in [2.05, 4.69) is 16.0 Å². The smallest absolute Gasteiger partial charge is 0.251 e. The molecule has 2 aromatic carbocycles. The minimum Gasteiger partial charge on any atom is -0.497 e. The average Bonchev–Trinajstić information content (AvgIpc) is 3.16. The van der Waals surface area contributed by atoms with E-state index >= 15 is 0 Å². The van der Waals surface area contributed by atoms with Crippen molar-refractivity contribution in [3.63, 3.8) is 0 Å². The largest absolute Gasteiger partial charge is 0.497 e. The van der Waals surface area contributed by atoms with Crippen molar-refractivity contribution < 1.29 is 19.4 Å². The molecule has 2 unspecified atom stereocenters. The number of benzene rings is 2. The van der Waals surface area contributed by atoms with Gasteiger partial charge in [0.25, 0.3) is 5.91 Å². The Balaban J connectivity index is 0.00000320. The molecule has 7 nitrogen and oxygen atoms in total. The molecule has 1 saturated heterocycles. The number of rotatable bonds is 8. The Morgan fingerprint density at radius 3 is 2.30 bits per heavy atom. The Hall–Kier alpha value is -2.61. The number of ether oxygens (including phenoxy) is 1. The molecule has 2 amide bonds. The van der Waals surface area contributed by atoms with Crippen molar-refractivity contribution in [2.75, 3.05) is 26.7 Å². The molecule has 2 atom stereocenters. The highest BCUT2D eigenvalue weighted by atomic mass is 35.5. The summed E-state index contributed by atoms with van der Waals surface area (Å²) >= 11 is 0. The Kier molecular flexibility index (Phi) is 9.11. The molecule has 30 heavy (non-hydrogen) atoms. The van der Waals surface area contributed by atoms with Crippen LogP contribution >= 0.6 is 12.4 Å². The number of amides is 2. The zero-order valence-corrected chi connectivity index (χ0v) is 17.7. The first-order chi connectivity index (χ1) is 14.0. The molecular formula is C22H28ClN3O4. The summed E-state index contributed by atoms with van der Waals surface area (Å²) in [6, 6.07) is 14.5. The van der Waals surface area contributed by atoms with Gasteiger partial charge in [0.1, 0.15) is 5.75 Å². The Morgan fingerprint density at radius 1 is 1.03 bits per heavy atom. The number of hydrogen-bond acceptors (Lipinski definition) is 5. The van der Waals surface area contributed by atoms with Crippen LogP contribution in [0.25, 0.3) is 0 Å². The van der Waals surface area contributed by atoms with Crippen LogP contribution in [0.2, 0.25) is 0 Å². The van der Waals surface area contributed by atoms with Gasteiger partial charge in [0, 0.05) is 37.7 Å². The van der Waals surface area contributed by atoms with Crippen LogP contribution in [0, 0.1) is 5.92 Å². The van der Waals surface area contributed by atoms with E-state index in [1.807, 2.05) is 36.4 Å². The number of carbonyl (C=O) groups is 2. The maximum atomic E-state index is 12.2. The van der Waals surface area contributed by atoms with E-state index in [4.69, 9.17) is 4.74 Å². The van der Waals surface area contributed by atoms with Crippen LogP contribution in [-0.2, 0) is 17.8 Å². The number of β-amino-alcohol motifs (C(OH)–C–C–N with tert-alkyl or cyclic N) is 1. The minimum atomic E-state index is -0.417. The van der Waals surface area contributed by atoms with Crippen LogP contribution in [0.5, 0.6) is 5.75 Å². The third kappa shape index (κ3) is 6.73. The van der Waals surface area contributed by atoms with E-state index < -0.39 is 6.10 Å². The van der Waals surface area contributed by atoms with Gasteiger partial charge in [-0.3, -0.25) is 9.59 Å². The Labute approximate surface area is 182 Å². The van der Waals surface area contributed by atoms with Crippen molar-refractivity contribution >= 4 is 24.2 Å². The molecular weight excluding hydrogens is 406 g/mol. The van der Waals surface area contributed by atoms with E-state index in [1.165, 1.54) is 0 Å². The van der Waals surface area contributed by atoms with Crippen molar-refractivity contribution in [3.8, 4) is 5.75 Å². The van der Waals surface area contributed by atoms with Crippen LogP contribution < -0.4 is 20.7 Å². The number of carbonyl (C=O) groups excluding carboxylic acids is 2. The molecule has 0 saturated carbocycles. The highest BCUT2D eigenvalue weighted by Gasteiger charge is 2.25. The lowest BCUT2D eigenvalue weighted by Gasteiger charge is -2.14. The first-order valence-corrected chi connectivity index (χ1v) is 9.70. The van der Waals surface area contributed by atoms with Gasteiger partial charge >= 0.3 is 0 Å². The molecule has 3 rings (SSSR count). The van der Waals surface area contributed by atoms with Gasteiger partial charge in [0.2, 0.25) is 5.91 Å². The van der Waals surface area contributed by atoms with Crippen LogP contribution in [0.15, 0.2) is 48.5 Å². The maximum Gasteiger partial charge on any atom is 0.251 e. The summed E-state index contributed by atoms with van der Waals surface area (Å²) in [5.41, 5.74) is 2.39. The third-order valence-electron chi connectivity index (χ3n) is 5.06. The molecule has 4 N–H and O–H groups in total. The normalized spacial score (nSPS) is 17.7. The number of methoxy groups -OCH3 is 1. The number of aliphatic hydroxyl groups is 1. The van der Waals surface area contributed by atoms with E-state index in [-0.39, 0.29) is 30.1 Å². The van der Waals surface area contributed by atoms with Crippen molar-refractivity contribution in [1.82, 2.24) is 16.0 Å². The summed E-state index contributed by atoms with van der Waals surface area (Å²) in [7, 11) is 1.61. The van der Waals surface area contributed by atoms with Crippen LogP contribution in [0.4, 0.5) is 0 Å². The number of aliphatic hydroxyl groups excluding tert-OH is 1. The van der Waals surface area contributed by atoms with Crippen molar-refractivity contribution in [2.45, 2.75) is 19.1 Å². The number of halogens is 1. The molecule has 1 fully saturated rings. The quantitative estimate of drug-likeness (QED) is 0.502. The molecule has 1 heterocycles. The molecule has 2 aromatic rings. The van der Waals surface area contributed by atoms with E-state index in [1.54, 1.807) is 19.2 Å². The summed E-state index contributed by atoms with van der Waals surface area (Å²) in [5, 5.41) is 18.6. The second kappa shape index (κ2) is 11.5. The lowest BCUT2D eigenvalue weighted by Crippen LogP contribution is -2.34. The van der Waals surface area contributed by atoms with Gasteiger partial charge in [-0.25, -0.2) is 0 Å². The maximum absolute atomic E-state index is 12.2. The molecule has 0 bridgehead atoms. The monoisotopic (exact) mass is 433 g/mol. The predicted octanol–water partition coefficient (Wildman–Crippen LogP) is 1.29. The lowest BCUT2D eigenvalue weighted by atomic mass is 10.1. The zero-order chi connectivity index (χ0) is 20.6. The summed E-state index contributed by atoms with van der Waals surface area (Å²) in [4.78, 5) is 24.4. The van der Waals surface area contributed by atoms with Gasteiger partial charge in [0.05, 0.1) is 19.6 Å². The molecule has 1 aliphatic heterocycles. The second-order valence-corrected chi connectivity index (χ2v) is 7.19. The highest BCUT2D eigenvalue weighted by Crippen LogP contribution is 2.12. The highest BCUT2D eigenvalue weighted by molar-refractivity contribution is 5.94. The molecule has 0 aliphatic carbocycles. The van der Waals surface area contributed by atoms with Crippen molar-refractivity contribution in [1.29, 1.82) is 0 Å². The Morgan fingerprint density at radius 2 is 1.70 bits per heavy atom. The minimum absolute atomic E-state index is 0. The fraction of sp³-hybridized carbons (Fsp3) is 0.364. The fourth-order valence-corrected chi connectivity index (χ4v) is 3.22. The van der Waals surface area contributed by atoms with Gasteiger partial charge in [0.15, 0.2) is 0 Å². The summed E-state index contributed by atoms with van der Waals surface area (Å²) in [6.07, 6.45) is -0.119. The van der Waals surface area contributed by atoms with Crippen molar-refractivity contribution in [3.05, 3.63) is 65.2 Å². The molecule has 0 spiro atoms. The summed E-state index contributed by atoms with van der Waals surface area (Å²) in [6.45, 7) is 2.11. The Bertz CT molecular complexity index is 827. The molecule has 0 aromatic heterocycles. The molecule has 0 radical (unpaired) electrons. The topological polar surface area (TPSA) is 99.7 Å². The average molecular weight is 434 g/mol. The second-order valence-electron chi connectivity index (χ2n) is 7.19. The van der Waals surface area contributed by atoms with E-state index in [0.717, 1.165) is 16.9 Å². The molecule has 162 valence electrons. The third-order valence-corrected chi connectivity index (χ3v) is 5.06. The number of hydrogen-bond donors (Lipinski definition) is 4. The first kappa shape index (κ1) is 23.7.